The molecule has 0 aliphatic carbocycles. The predicted molar refractivity (Wildman–Crippen MR) is 75.3 cm³/mol. The summed E-state index contributed by atoms with van der Waals surface area (Å²) in [4.78, 5) is 3.46. The van der Waals surface area contributed by atoms with E-state index in [9.17, 15) is 12.8 Å². The summed E-state index contributed by atoms with van der Waals surface area (Å²) < 4.78 is 40.6. The van der Waals surface area contributed by atoms with Crippen molar-refractivity contribution in [2.24, 2.45) is 0 Å². The number of aliphatic hydroxyl groups excluding tert-OH is 1. The van der Waals surface area contributed by atoms with E-state index < -0.39 is 26.8 Å². The van der Waals surface area contributed by atoms with Gasteiger partial charge in [0.15, 0.2) is 0 Å². The van der Waals surface area contributed by atoms with Crippen molar-refractivity contribution < 1.29 is 17.9 Å². The molecular formula is C14H15FN2O3S. The summed E-state index contributed by atoms with van der Waals surface area (Å²) in [6.45, 7) is 1.30. The molecule has 0 saturated heterocycles. The molecule has 1 aromatic heterocycles. The Bertz CT molecular complexity index is 720. The fourth-order valence-electron chi connectivity index (χ4n) is 1.86. The molecule has 0 radical (unpaired) electrons. The fourth-order valence-corrected chi connectivity index (χ4v) is 3.15. The highest BCUT2D eigenvalue weighted by atomic mass is 32.2. The van der Waals surface area contributed by atoms with Crippen LogP contribution in [0.1, 0.15) is 24.1 Å². The number of pyridine rings is 1. The third-order valence-corrected chi connectivity index (χ3v) is 4.56. The fraction of sp³-hybridized carbons (Fsp3) is 0.214. The number of benzene rings is 1. The van der Waals surface area contributed by atoms with E-state index in [2.05, 4.69) is 9.71 Å². The molecule has 21 heavy (non-hydrogen) atoms. The standard InChI is InChI=1S/C14H15FN2O3S/c1-10(12-3-2-6-16-8-12)17-21(19,20)14-5-4-11(9-18)7-13(14)15/h2-8,10,17-18H,9H2,1H3. The molecule has 0 amide bonds. The van der Waals surface area contributed by atoms with Gasteiger partial charge in [-0.3, -0.25) is 4.98 Å². The van der Waals surface area contributed by atoms with Crippen molar-refractivity contribution in [3.63, 3.8) is 0 Å². The maximum Gasteiger partial charge on any atom is 0.244 e. The van der Waals surface area contributed by atoms with Crippen LogP contribution in [0.3, 0.4) is 0 Å². The Kier molecular flexibility index (Phi) is 4.66. The monoisotopic (exact) mass is 310 g/mol. The molecule has 0 aliphatic heterocycles. The quantitative estimate of drug-likeness (QED) is 0.882. The Labute approximate surface area is 122 Å². The number of sulfonamides is 1. The molecule has 1 aromatic carbocycles. The van der Waals surface area contributed by atoms with Gasteiger partial charge in [0.2, 0.25) is 10.0 Å². The average molecular weight is 310 g/mol. The summed E-state index contributed by atoms with van der Waals surface area (Å²) >= 11 is 0. The van der Waals surface area contributed by atoms with Crippen LogP contribution in [0.15, 0.2) is 47.6 Å². The van der Waals surface area contributed by atoms with Gasteiger partial charge < -0.3 is 5.11 Å². The maximum absolute atomic E-state index is 13.8. The van der Waals surface area contributed by atoms with Gasteiger partial charge in [-0.2, -0.15) is 0 Å². The normalized spacial score (nSPS) is 13.1. The molecule has 0 spiro atoms. The zero-order valence-electron chi connectivity index (χ0n) is 11.3. The lowest BCUT2D eigenvalue weighted by molar-refractivity contribution is 0.281. The second kappa shape index (κ2) is 6.30. The van der Waals surface area contributed by atoms with Crippen molar-refractivity contribution in [1.82, 2.24) is 9.71 Å². The van der Waals surface area contributed by atoms with E-state index >= 15 is 0 Å². The summed E-state index contributed by atoms with van der Waals surface area (Å²) in [7, 11) is -4.00. The molecule has 0 aliphatic rings. The zero-order valence-corrected chi connectivity index (χ0v) is 12.1. The topological polar surface area (TPSA) is 79.3 Å². The van der Waals surface area contributed by atoms with Gasteiger partial charge in [0, 0.05) is 18.4 Å². The van der Waals surface area contributed by atoms with Crippen molar-refractivity contribution >= 4 is 10.0 Å². The molecule has 5 nitrogen and oxygen atoms in total. The van der Waals surface area contributed by atoms with E-state index in [0.717, 1.165) is 12.1 Å². The summed E-state index contributed by atoms with van der Waals surface area (Å²) in [5.74, 6) is -0.896. The van der Waals surface area contributed by atoms with Crippen LogP contribution < -0.4 is 4.72 Å². The van der Waals surface area contributed by atoms with Crippen LogP contribution in [-0.4, -0.2) is 18.5 Å². The minimum atomic E-state index is -4.00. The van der Waals surface area contributed by atoms with Gasteiger partial charge in [0.05, 0.1) is 6.61 Å². The number of aliphatic hydroxyl groups is 1. The third kappa shape index (κ3) is 3.63. The average Bonchev–Trinajstić information content (AvgIpc) is 2.47. The van der Waals surface area contributed by atoms with E-state index in [1.54, 1.807) is 31.5 Å². The molecule has 112 valence electrons. The Morgan fingerprint density at radius 2 is 2.14 bits per heavy atom. The first kappa shape index (κ1) is 15.6. The number of halogens is 1. The summed E-state index contributed by atoms with van der Waals surface area (Å²) in [6.07, 6.45) is 3.12. The lowest BCUT2D eigenvalue weighted by Gasteiger charge is -2.15. The SMILES string of the molecule is CC(NS(=O)(=O)c1ccc(CO)cc1F)c1cccnc1. The van der Waals surface area contributed by atoms with Crippen LogP contribution in [0.25, 0.3) is 0 Å². The van der Waals surface area contributed by atoms with Crippen LogP contribution >= 0.6 is 0 Å². The Morgan fingerprint density at radius 3 is 2.71 bits per heavy atom. The molecule has 0 fully saturated rings. The molecule has 2 N–H and O–H groups in total. The molecule has 1 heterocycles. The van der Waals surface area contributed by atoms with Gasteiger partial charge in [-0.25, -0.2) is 17.5 Å². The van der Waals surface area contributed by atoms with Crippen LogP contribution in [0, 0.1) is 5.82 Å². The molecule has 7 heteroatoms. The molecule has 1 atom stereocenters. The first-order chi connectivity index (χ1) is 9.94. The predicted octanol–water partition coefficient (Wildman–Crippen LogP) is 1.75. The van der Waals surface area contributed by atoms with Crippen molar-refractivity contribution in [2.75, 3.05) is 0 Å². The number of rotatable bonds is 5. The van der Waals surface area contributed by atoms with Crippen LogP contribution in [0.4, 0.5) is 4.39 Å². The lowest BCUT2D eigenvalue weighted by Crippen LogP contribution is -2.27. The second-order valence-corrected chi connectivity index (χ2v) is 6.23. The molecule has 2 rings (SSSR count). The van der Waals surface area contributed by atoms with E-state index in [0.29, 0.717) is 11.1 Å². The van der Waals surface area contributed by atoms with Crippen LogP contribution in [-0.2, 0) is 16.6 Å². The summed E-state index contributed by atoms with van der Waals surface area (Å²) in [5.41, 5.74) is 0.986. The Balaban J connectivity index is 2.26. The van der Waals surface area contributed by atoms with Gasteiger partial charge in [0.1, 0.15) is 10.7 Å². The van der Waals surface area contributed by atoms with E-state index in [1.807, 2.05) is 0 Å². The van der Waals surface area contributed by atoms with Crippen molar-refractivity contribution in [3.05, 3.63) is 59.7 Å². The van der Waals surface area contributed by atoms with Crippen molar-refractivity contribution in [3.8, 4) is 0 Å². The highest BCUT2D eigenvalue weighted by molar-refractivity contribution is 7.89. The first-order valence-corrected chi connectivity index (χ1v) is 7.74. The van der Waals surface area contributed by atoms with Crippen molar-refractivity contribution in [1.29, 1.82) is 0 Å². The molecule has 0 bridgehead atoms. The first-order valence-electron chi connectivity index (χ1n) is 6.25. The molecule has 0 saturated carbocycles. The minimum absolute atomic E-state index is 0.312. The second-order valence-electron chi connectivity index (χ2n) is 4.55. The van der Waals surface area contributed by atoms with Gasteiger partial charge in [-0.1, -0.05) is 12.1 Å². The van der Waals surface area contributed by atoms with Gasteiger partial charge in [-0.15, -0.1) is 0 Å². The lowest BCUT2D eigenvalue weighted by atomic mass is 10.2. The van der Waals surface area contributed by atoms with E-state index in [1.165, 1.54) is 6.07 Å². The number of nitrogens with zero attached hydrogens (tertiary/aromatic N) is 1. The van der Waals surface area contributed by atoms with Crippen LogP contribution in [0.5, 0.6) is 0 Å². The third-order valence-electron chi connectivity index (χ3n) is 2.98. The maximum atomic E-state index is 13.8. The number of hydrogen-bond donors (Lipinski definition) is 2. The van der Waals surface area contributed by atoms with Crippen LogP contribution in [0.2, 0.25) is 0 Å². The van der Waals surface area contributed by atoms with E-state index in [-0.39, 0.29) is 6.61 Å². The molecular weight excluding hydrogens is 295 g/mol. The van der Waals surface area contributed by atoms with Crippen molar-refractivity contribution in [2.45, 2.75) is 24.5 Å². The molecule has 2 aromatic rings. The minimum Gasteiger partial charge on any atom is -0.392 e. The smallest absolute Gasteiger partial charge is 0.244 e. The largest absolute Gasteiger partial charge is 0.392 e. The van der Waals surface area contributed by atoms with Gasteiger partial charge >= 0.3 is 0 Å². The summed E-state index contributed by atoms with van der Waals surface area (Å²) in [6, 6.07) is 6.39. The summed E-state index contributed by atoms with van der Waals surface area (Å²) in [5, 5.41) is 8.91. The molecule has 1 unspecified atom stereocenters. The number of aromatic nitrogens is 1. The Morgan fingerprint density at radius 1 is 1.38 bits per heavy atom. The van der Waals surface area contributed by atoms with E-state index in [4.69, 9.17) is 5.11 Å². The number of nitrogens with one attached hydrogen (secondary N) is 1. The Hall–Kier alpha value is -1.83. The van der Waals surface area contributed by atoms with Gasteiger partial charge in [0.25, 0.3) is 0 Å². The number of hydrogen-bond acceptors (Lipinski definition) is 4. The zero-order chi connectivity index (χ0) is 15.5. The van der Waals surface area contributed by atoms with Gasteiger partial charge in [-0.05, 0) is 36.2 Å². The highest BCUT2D eigenvalue weighted by Crippen LogP contribution is 2.19. The highest BCUT2D eigenvalue weighted by Gasteiger charge is 2.22.